The first-order chi connectivity index (χ1) is 25.7. The molecule has 0 saturated carbocycles. The molecule has 4 aromatic carbocycles. The molecule has 7 rings (SSSR count). The van der Waals surface area contributed by atoms with Crippen LogP contribution < -0.4 is 34.0 Å². The molecule has 0 unspecified atom stereocenters. The van der Waals surface area contributed by atoms with Gasteiger partial charge in [0.2, 0.25) is 0 Å². The van der Waals surface area contributed by atoms with Crippen molar-refractivity contribution >= 4 is 29.4 Å². The van der Waals surface area contributed by atoms with E-state index in [4.69, 9.17) is 23.7 Å². The molecule has 4 aromatic rings. The molecule has 0 bridgehead atoms. The summed E-state index contributed by atoms with van der Waals surface area (Å²) in [5, 5.41) is 0. The second-order valence-corrected chi connectivity index (χ2v) is 13.8. The summed E-state index contributed by atoms with van der Waals surface area (Å²) in [7, 11) is 8.58. The summed E-state index contributed by atoms with van der Waals surface area (Å²) < 4.78 is 28.4. The van der Waals surface area contributed by atoms with E-state index in [1.807, 2.05) is 48.6 Å². The van der Waals surface area contributed by atoms with Gasteiger partial charge in [-0.1, -0.05) is 24.3 Å². The van der Waals surface area contributed by atoms with Gasteiger partial charge in [-0.2, -0.15) is 5.43 Å². The Morgan fingerprint density at radius 2 is 1.11 bits per heavy atom. The normalized spacial score (nSPS) is 17.6. The number of fused-ring (bicyclic) bond motifs is 2. The Bertz CT molecular complexity index is 2080. The predicted molar refractivity (Wildman–Crippen MR) is 206 cm³/mol. The molecule has 53 heavy (non-hydrogen) atoms. The van der Waals surface area contributed by atoms with Gasteiger partial charge in [-0.3, -0.25) is 9.59 Å². The number of likely N-dealkylation sites (N-methyl/N-ethyl adjacent to an activating group) is 1. The van der Waals surface area contributed by atoms with Gasteiger partial charge in [0.1, 0.15) is 25.4 Å². The molecule has 0 radical (unpaired) electrons. The van der Waals surface area contributed by atoms with Gasteiger partial charge in [0.25, 0.3) is 0 Å². The number of benzene rings is 4. The number of carbonyl (C=O) groups is 2. The van der Waals surface area contributed by atoms with Crippen molar-refractivity contribution < 1.29 is 37.9 Å². The van der Waals surface area contributed by atoms with Gasteiger partial charge in [0.15, 0.2) is 34.6 Å². The highest BCUT2D eigenvalue weighted by Crippen LogP contribution is 2.38. The topological polar surface area (TPSA) is 95.6 Å². The molecule has 1 heterocycles. The molecule has 2 aliphatic carbocycles. The van der Waals surface area contributed by atoms with E-state index >= 15 is 0 Å². The molecule has 0 amide bonds. The van der Waals surface area contributed by atoms with Gasteiger partial charge in [0.05, 0.1) is 55.1 Å². The van der Waals surface area contributed by atoms with E-state index in [2.05, 4.69) is 41.6 Å². The lowest BCUT2D eigenvalue weighted by molar-refractivity contribution is -0.952. The predicted octanol–water partition coefficient (Wildman–Crippen LogP) is 6.22. The standard InChI is InChI=1S/C43H46N3O7/c1-46(44-14-19-53-35-12-8-29(9-13-35)21-33-23-31-25-39(50-3)41(52-5)27-37(31)43(33)48)17-15-45(16-18-46)34-10-6-28(7-11-34)20-32-22-30-24-38(49-2)40(51-4)26-36(30)42(32)47/h6-13,20-21,24-27,44H,14-19,22-23H2,1-5H3/q+1/b32-20+,33-21+. The fraction of sp³-hybridized carbons (Fsp3) is 0.302. The van der Waals surface area contributed by atoms with Gasteiger partial charge >= 0.3 is 0 Å². The summed E-state index contributed by atoms with van der Waals surface area (Å²) in [6.07, 6.45) is 5.07. The first-order valence-electron chi connectivity index (χ1n) is 17.9. The summed E-state index contributed by atoms with van der Waals surface area (Å²) in [5.41, 5.74) is 11.6. The van der Waals surface area contributed by atoms with E-state index in [1.165, 1.54) is 5.69 Å². The maximum absolute atomic E-state index is 13.1. The maximum atomic E-state index is 13.1. The molecule has 1 aliphatic heterocycles. The van der Waals surface area contributed by atoms with Crippen molar-refractivity contribution in [3.8, 4) is 28.7 Å². The summed E-state index contributed by atoms with van der Waals surface area (Å²) in [5.74, 6) is 3.23. The highest BCUT2D eigenvalue weighted by atomic mass is 16.5. The number of ether oxygens (including phenoxy) is 5. The number of nitrogens with zero attached hydrogens (tertiary/aromatic N) is 2. The third kappa shape index (κ3) is 7.51. The summed E-state index contributed by atoms with van der Waals surface area (Å²) in [6, 6.07) is 23.6. The van der Waals surface area contributed by atoms with Gasteiger partial charge in [-0.25, -0.2) is 4.59 Å². The van der Waals surface area contributed by atoms with Crippen LogP contribution in [0.4, 0.5) is 5.69 Å². The average molecular weight is 717 g/mol. The Morgan fingerprint density at radius 3 is 1.58 bits per heavy atom. The third-order valence-electron chi connectivity index (χ3n) is 10.5. The number of nitrogens with one attached hydrogen (secondary N) is 1. The number of rotatable bonds is 12. The third-order valence-corrected chi connectivity index (χ3v) is 10.5. The molecule has 0 spiro atoms. The van der Waals surface area contributed by atoms with E-state index in [9.17, 15) is 9.59 Å². The van der Waals surface area contributed by atoms with Crippen molar-refractivity contribution in [1.29, 1.82) is 0 Å². The monoisotopic (exact) mass is 716 g/mol. The van der Waals surface area contributed by atoms with Crippen LogP contribution in [0.25, 0.3) is 12.2 Å². The number of allylic oxidation sites excluding steroid dienone is 2. The van der Waals surface area contributed by atoms with Crippen LogP contribution in [0, 0.1) is 0 Å². The van der Waals surface area contributed by atoms with Crippen LogP contribution in [-0.2, 0) is 12.8 Å². The van der Waals surface area contributed by atoms with Crippen molar-refractivity contribution in [1.82, 2.24) is 5.43 Å². The first kappa shape index (κ1) is 35.8. The molecular weight excluding hydrogens is 670 g/mol. The van der Waals surface area contributed by atoms with Crippen LogP contribution in [0.3, 0.4) is 0 Å². The average Bonchev–Trinajstić information content (AvgIpc) is 3.66. The number of hydrogen-bond donors (Lipinski definition) is 1. The number of hydrogen-bond acceptors (Lipinski definition) is 9. The van der Waals surface area contributed by atoms with E-state index in [0.29, 0.717) is 60.1 Å². The van der Waals surface area contributed by atoms with Gasteiger partial charge in [-0.05, 0) is 82.9 Å². The zero-order chi connectivity index (χ0) is 37.1. The highest BCUT2D eigenvalue weighted by molar-refractivity contribution is 6.16. The molecule has 10 heteroatoms. The molecule has 1 fully saturated rings. The Labute approximate surface area is 310 Å². The Balaban J connectivity index is 0.864. The lowest BCUT2D eigenvalue weighted by Crippen LogP contribution is -2.64. The molecule has 3 aliphatic rings. The quantitative estimate of drug-likeness (QED) is 0.104. The van der Waals surface area contributed by atoms with Crippen LogP contribution in [0.2, 0.25) is 0 Å². The van der Waals surface area contributed by atoms with Gasteiger partial charge in [-0.15, -0.1) is 0 Å². The van der Waals surface area contributed by atoms with Gasteiger partial charge < -0.3 is 28.6 Å². The van der Waals surface area contributed by atoms with Crippen LogP contribution in [-0.4, -0.2) is 91.0 Å². The molecule has 1 N–H and O–H groups in total. The first-order valence-corrected chi connectivity index (χ1v) is 17.9. The van der Waals surface area contributed by atoms with E-state index in [1.54, 1.807) is 40.6 Å². The zero-order valence-corrected chi connectivity index (χ0v) is 31.0. The Morgan fingerprint density at radius 1 is 0.660 bits per heavy atom. The maximum Gasteiger partial charge on any atom is 0.189 e. The highest BCUT2D eigenvalue weighted by Gasteiger charge is 2.30. The number of carbonyl (C=O) groups excluding carboxylic acids is 2. The van der Waals surface area contributed by atoms with Gasteiger partial charge in [0, 0.05) is 40.8 Å². The minimum absolute atomic E-state index is 0.0186. The van der Waals surface area contributed by atoms with Crippen molar-refractivity contribution in [3.05, 3.63) is 117 Å². The van der Waals surface area contributed by atoms with E-state index in [0.717, 1.165) is 69.9 Å². The van der Waals surface area contributed by atoms with Crippen molar-refractivity contribution in [2.45, 2.75) is 12.8 Å². The van der Waals surface area contributed by atoms with Crippen LogP contribution >= 0.6 is 0 Å². The summed E-state index contributed by atoms with van der Waals surface area (Å²) in [4.78, 5) is 28.6. The second-order valence-electron chi connectivity index (χ2n) is 13.8. The molecule has 0 atom stereocenters. The van der Waals surface area contributed by atoms with Crippen molar-refractivity contribution in [2.24, 2.45) is 0 Å². The van der Waals surface area contributed by atoms with E-state index < -0.39 is 0 Å². The molecule has 0 aromatic heterocycles. The Hall–Kier alpha value is -5.58. The Kier molecular flexibility index (Phi) is 10.3. The number of piperazine rings is 1. The molecule has 274 valence electrons. The number of ketones is 2. The summed E-state index contributed by atoms with van der Waals surface area (Å²) >= 11 is 0. The fourth-order valence-corrected chi connectivity index (χ4v) is 7.36. The van der Waals surface area contributed by atoms with Crippen molar-refractivity contribution in [3.63, 3.8) is 0 Å². The lowest BCUT2D eigenvalue weighted by Gasteiger charge is -2.42. The smallest absolute Gasteiger partial charge is 0.189 e. The minimum Gasteiger partial charge on any atom is -0.493 e. The zero-order valence-electron chi connectivity index (χ0n) is 31.0. The second kappa shape index (κ2) is 15.2. The molecular formula is C43H46N3O7+. The molecule has 1 saturated heterocycles. The number of Topliss-reactive ketones (excluding diaryl/α,β-unsaturated/α-hetero) is 2. The SMILES string of the molecule is COc1cc2c(cc1OC)C(=O)/C(=C/c1ccc(OCCN[N+]3(C)CCN(c4ccc(/C=C5\Cc6cc(OC)c(OC)cc6C5=O)cc4)CC3)cc1)C2. The fourth-order valence-electron chi connectivity index (χ4n) is 7.36. The van der Waals surface area contributed by atoms with E-state index in [-0.39, 0.29) is 11.6 Å². The van der Waals surface area contributed by atoms with Crippen molar-refractivity contribution in [2.75, 3.05) is 79.7 Å². The lowest BCUT2D eigenvalue weighted by atomic mass is 10.1. The number of quaternary nitrogens is 1. The number of methoxy groups -OCH3 is 4. The van der Waals surface area contributed by atoms with Crippen LogP contribution in [0.1, 0.15) is 43.0 Å². The van der Waals surface area contributed by atoms with Crippen LogP contribution in [0.5, 0.6) is 28.7 Å². The number of anilines is 1. The van der Waals surface area contributed by atoms with Crippen LogP contribution in [0.15, 0.2) is 83.9 Å². The summed E-state index contributed by atoms with van der Waals surface area (Å²) in [6.45, 7) is 5.02. The largest absolute Gasteiger partial charge is 0.493 e. The minimum atomic E-state index is 0.0186. The molecule has 10 nitrogen and oxygen atoms in total.